The van der Waals surface area contributed by atoms with Crippen molar-refractivity contribution in [2.24, 2.45) is 0 Å². The molecule has 0 unspecified atom stereocenters. The van der Waals surface area contributed by atoms with Crippen molar-refractivity contribution in [3.8, 4) is 0 Å². The maximum atomic E-state index is 10.4. The van der Waals surface area contributed by atoms with Gasteiger partial charge < -0.3 is 9.84 Å². The van der Waals surface area contributed by atoms with Gasteiger partial charge in [-0.2, -0.15) is 0 Å². The van der Waals surface area contributed by atoms with Crippen LogP contribution in [0.25, 0.3) is 0 Å². The quantitative estimate of drug-likeness (QED) is 0.889. The van der Waals surface area contributed by atoms with Gasteiger partial charge in [0, 0.05) is 36.4 Å². The van der Waals surface area contributed by atoms with Crippen LogP contribution in [0.1, 0.15) is 23.0 Å². The number of ether oxygens (including phenoxy) is 1. The first-order valence-electron chi connectivity index (χ1n) is 7.75. The van der Waals surface area contributed by atoms with Gasteiger partial charge in [-0.15, -0.1) is 11.3 Å². The molecule has 2 aromatic heterocycles. The number of aromatic nitrogens is 1. The van der Waals surface area contributed by atoms with Crippen molar-refractivity contribution in [3.05, 3.63) is 52.5 Å². The van der Waals surface area contributed by atoms with E-state index < -0.39 is 6.10 Å². The van der Waals surface area contributed by atoms with Gasteiger partial charge in [0.15, 0.2) is 0 Å². The molecule has 3 heterocycles. The molecular weight excluding hydrogens is 296 g/mol. The van der Waals surface area contributed by atoms with Gasteiger partial charge in [-0.25, -0.2) is 0 Å². The number of nitrogens with zero attached hydrogens (tertiary/aromatic N) is 2. The third kappa shape index (κ3) is 4.14. The molecule has 2 atom stereocenters. The van der Waals surface area contributed by atoms with Crippen molar-refractivity contribution < 1.29 is 9.84 Å². The average Bonchev–Trinajstić information content (AvgIpc) is 3.10. The Morgan fingerprint density at radius 3 is 3.00 bits per heavy atom. The summed E-state index contributed by atoms with van der Waals surface area (Å²) in [5, 5.41) is 12.4. The van der Waals surface area contributed by atoms with E-state index in [0.717, 1.165) is 37.4 Å². The summed E-state index contributed by atoms with van der Waals surface area (Å²) < 4.78 is 5.62. The summed E-state index contributed by atoms with van der Waals surface area (Å²) in [6.45, 7) is 3.42. The third-order valence-electron chi connectivity index (χ3n) is 4.15. The molecule has 3 rings (SSSR count). The average molecular weight is 318 g/mol. The molecule has 0 bridgehead atoms. The van der Waals surface area contributed by atoms with Crippen LogP contribution in [0, 0.1) is 0 Å². The molecule has 1 N–H and O–H groups in total. The number of morpholine rings is 1. The lowest BCUT2D eigenvalue weighted by molar-refractivity contribution is -0.0251. The normalized spacial score (nSPS) is 20.9. The summed E-state index contributed by atoms with van der Waals surface area (Å²) in [5.74, 6) is 0. The number of aliphatic hydroxyl groups excluding tert-OH is 1. The van der Waals surface area contributed by atoms with Crippen LogP contribution in [0.4, 0.5) is 0 Å². The molecule has 118 valence electrons. The van der Waals surface area contributed by atoms with Crippen LogP contribution in [0.3, 0.4) is 0 Å². The number of thiophene rings is 1. The number of hydrogen-bond donors (Lipinski definition) is 1. The molecule has 22 heavy (non-hydrogen) atoms. The van der Waals surface area contributed by atoms with E-state index in [2.05, 4.69) is 22.0 Å². The minimum atomic E-state index is -0.393. The lowest BCUT2D eigenvalue weighted by Gasteiger charge is -2.36. The van der Waals surface area contributed by atoms with Crippen LogP contribution in [-0.4, -0.2) is 47.3 Å². The van der Waals surface area contributed by atoms with Crippen molar-refractivity contribution in [2.75, 3.05) is 26.3 Å². The summed E-state index contributed by atoms with van der Waals surface area (Å²) >= 11 is 1.61. The van der Waals surface area contributed by atoms with E-state index >= 15 is 0 Å². The van der Waals surface area contributed by atoms with Crippen molar-refractivity contribution >= 4 is 11.3 Å². The zero-order valence-corrected chi connectivity index (χ0v) is 13.4. The highest BCUT2D eigenvalue weighted by molar-refractivity contribution is 7.10. The van der Waals surface area contributed by atoms with Gasteiger partial charge in [-0.3, -0.25) is 9.88 Å². The van der Waals surface area contributed by atoms with E-state index in [1.54, 1.807) is 11.3 Å². The molecular formula is C17H22N2O2S. The molecule has 1 aliphatic rings. The highest BCUT2D eigenvalue weighted by Gasteiger charge is 2.26. The maximum absolute atomic E-state index is 10.4. The molecule has 0 aromatic carbocycles. The summed E-state index contributed by atoms with van der Waals surface area (Å²) in [4.78, 5) is 7.54. The molecule has 2 aromatic rings. The first-order chi connectivity index (χ1) is 10.8. The van der Waals surface area contributed by atoms with E-state index in [1.807, 2.05) is 29.9 Å². The van der Waals surface area contributed by atoms with Gasteiger partial charge in [-0.05, 0) is 42.0 Å². The lowest BCUT2D eigenvalue weighted by atomic mass is 10.0. The van der Waals surface area contributed by atoms with Gasteiger partial charge in [0.2, 0.25) is 0 Å². The van der Waals surface area contributed by atoms with Gasteiger partial charge >= 0.3 is 0 Å². The fraction of sp³-hybridized carbons (Fsp3) is 0.471. The molecule has 1 fully saturated rings. The summed E-state index contributed by atoms with van der Waals surface area (Å²) in [7, 11) is 0. The van der Waals surface area contributed by atoms with Crippen LogP contribution in [-0.2, 0) is 11.2 Å². The molecule has 1 saturated heterocycles. The van der Waals surface area contributed by atoms with Gasteiger partial charge in [0.05, 0.1) is 19.3 Å². The second-order valence-corrected chi connectivity index (χ2v) is 6.62. The Hall–Kier alpha value is -1.27. The SMILES string of the molecule is O[C@@H](C[C@@H]1COCCN1CCc1ccncc1)c1cccs1. The van der Waals surface area contributed by atoms with Crippen LogP contribution in [0.2, 0.25) is 0 Å². The number of pyridine rings is 1. The second kappa shape index (κ2) is 7.83. The predicted molar refractivity (Wildman–Crippen MR) is 88.0 cm³/mol. The molecule has 0 aliphatic carbocycles. The molecule has 0 saturated carbocycles. The van der Waals surface area contributed by atoms with Crippen molar-refractivity contribution in [1.82, 2.24) is 9.88 Å². The first kappa shape index (κ1) is 15.6. The van der Waals surface area contributed by atoms with Crippen LogP contribution < -0.4 is 0 Å². The Labute approximate surface area is 135 Å². The Morgan fingerprint density at radius 1 is 1.36 bits per heavy atom. The Morgan fingerprint density at radius 2 is 2.23 bits per heavy atom. The van der Waals surface area contributed by atoms with E-state index in [-0.39, 0.29) is 6.04 Å². The highest BCUT2D eigenvalue weighted by atomic mass is 32.1. The monoisotopic (exact) mass is 318 g/mol. The van der Waals surface area contributed by atoms with Crippen molar-refractivity contribution in [2.45, 2.75) is 25.0 Å². The van der Waals surface area contributed by atoms with Crippen LogP contribution >= 0.6 is 11.3 Å². The van der Waals surface area contributed by atoms with Crippen LogP contribution in [0.15, 0.2) is 42.0 Å². The van der Waals surface area contributed by atoms with Crippen LogP contribution in [0.5, 0.6) is 0 Å². The van der Waals surface area contributed by atoms with Gasteiger partial charge in [-0.1, -0.05) is 6.07 Å². The summed E-state index contributed by atoms with van der Waals surface area (Å²) in [6.07, 6.45) is 5.03. The first-order valence-corrected chi connectivity index (χ1v) is 8.63. The van der Waals surface area contributed by atoms with Crippen molar-refractivity contribution in [1.29, 1.82) is 0 Å². The van der Waals surface area contributed by atoms with E-state index in [0.29, 0.717) is 6.61 Å². The standard InChI is InChI=1S/C17H22N2O2S/c20-16(17-2-1-11-22-17)12-15-13-21-10-9-19(15)8-5-14-3-6-18-7-4-14/h1-4,6-7,11,15-16,20H,5,8-10,12-13H2/t15-,16+/m1/s1. The number of aliphatic hydroxyl groups is 1. The number of hydrogen-bond acceptors (Lipinski definition) is 5. The number of rotatable bonds is 6. The predicted octanol–water partition coefficient (Wildman–Crippen LogP) is 2.51. The van der Waals surface area contributed by atoms with Gasteiger partial charge in [0.1, 0.15) is 0 Å². The Bertz CT molecular complexity index is 547. The Balaban J connectivity index is 1.56. The highest BCUT2D eigenvalue weighted by Crippen LogP contribution is 2.26. The fourth-order valence-corrected chi connectivity index (χ4v) is 3.60. The molecule has 5 heteroatoms. The van der Waals surface area contributed by atoms with E-state index in [9.17, 15) is 5.11 Å². The molecule has 1 aliphatic heterocycles. The zero-order chi connectivity index (χ0) is 15.2. The van der Waals surface area contributed by atoms with Crippen molar-refractivity contribution in [3.63, 3.8) is 0 Å². The molecule has 0 spiro atoms. The lowest BCUT2D eigenvalue weighted by Crippen LogP contribution is -2.46. The second-order valence-electron chi connectivity index (χ2n) is 5.64. The fourth-order valence-electron chi connectivity index (χ4n) is 2.88. The van der Waals surface area contributed by atoms with E-state index in [4.69, 9.17) is 4.74 Å². The molecule has 0 radical (unpaired) electrons. The largest absolute Gasteiger partial charge is 0.388 e. The Kier molecular flexibility index (Phi) is 5.56. The van der Waals surface area contributed by atoms with E-state index in [1.165, 1.54) is 5.56 Å². The minimum Gasteiger partial charge on any atom is -0.388 e. The third-order valence-corrected chi connectivity index (χ3v) is 5.13. The summed E-state index contributed by atoms with van der Waals surface area (Å²) in [6, 6.07) is 8.40. The minimum absolute atomic E-state index is 0.285. The maximum Gasteiger partial charge on any atom is 0.0897 e. The topological polar surface area (TPSA) is 45.6 Å². The smallest absolute Gasteiger partial charge is 0.0897 e. The molecule has 4 nitrogen and oxygen atoms in total. The zero-order valence-electron chi connectivity index (χ0n) is 12.6. The summed E-state index contributed by atoms with van der Waals surface area (Å²) in [5.41, 5.74) is 1.30. The van der Waals surface area contributed by atoms with Gasteiger partial charge in [0.25, 0.3) is 0 Å². The molecule has 0 amide bonds.